The standard InChI is InChI=1S/C16H15N3O2/c1-9-3-6-14(13(17)7-9)18-10-4-5-11-12(8-10)16(21)19(2)15(11)20/h3-8,18H,17H2,1-2H3. The molecule has 0 atom stereocenters. The van der Waals surface area contributed by atoms with E-state index in [1.807, 2.05) is 25.1 Å². The molecular weight excluding hydrogens is 266 g/mol. The summed E-state index contributed by atoms with van der Waals surface area (Å²) in [7, 11) is 1.48. The molecule has 0 aromatic heterocycles. The van der Waals surface area contributed by atoms with Crippen molar-refractivity contribution in [1.82, 2.24) is 4.90 Å². The number of aryl methyl sites for hydroxylation is 1. The van der Waals surface area contributed by atoms with Gasteiger partial charge in [-0.1, -0.05) is 6.07 Å². The number of fused-ring (bicyclic) bond motifs is 1. The topological polar surface area (TPSA) is 75.4 Å². The molecule has 3 N–H and O–H groups in total. The second kappa shape index (κ2) is 4.63. The zero-order chi connectivity index (χ0) is 15.1. The molecule has 0 saturated carbocycles. The van der Waals surface area contributed by atoms with Gasteiger partial charge in [0.1, 0.15) is 0 Å². The Bertz CT molecular complexity index is 768. The molecule has 0 bridgehead atoms. The summed E-state index contributed by atoms with van der Waals surface area (Å²) >= 11 is 0. The van der Waals surface area contributed by atoms with Crippen LogP contribution in [0.4, 0.5) is 17.1 Å². The van der Waals surface area contributed by atoms with Gasteiger partial charge < -0.3 is 11.1 Å². The van der Waals surface area contributed by atoms with Gasteiger partial charge in [-0.05, 0) is 42.8 Å². The highest BCUT2D eigenvalue weighted by atomic mass is 16.2. The average molecular weight is 281 g/mol. The van der Waals surface area contributed by atoms with Crippen molar-refractivity contribution < 1.29 is 9.59 Å². The number of amides is 2. The van der Waals surface area contributed by atoms with Crippen molar-refractivity contribution >= 4 is 28.9 Å². The van der Waals surface area contributed by atoms with E-state index in [1.165, 1.54) is 7.05 Å². The molecule has 21 heavy (non-hydrogen) atoms. The maximum absolute atomic E-state index is 12.0. The van der Waals surface area contributed by atoms with Gasteiger partial charge >= 0.3 is 0 Å². The van der Waals surface area contributed by atoms with E-state index in [-0.39, 0.29) is 11.8 Å². The van der Waals surface area contributed by atoms with E-state index >= 15 is 0 Å². The highest BCUT2D eigenvalue weighted by molar-refractivity contribution is 6.21. The van der Waals surface area contributed by atoms with Crippen LogP contribution in [0.3, 0.4) is 0 Å². The maximum Gasteiger partial charge on any atom is 0.261 e. The summed E-state index contributed by atoms with van der Waals surface area (Å²) in [5.41, 5.74) is 10.0. The molecule has 0 unspecified atom stereocenters. The van der Waals surface area contributed by atoms with E-state index in [9.17, 15) is 9.59 Å². The normalized spacial score (nSPS) is 13.5. The summed E-state index contributed by atoms with van der Waals surface area (Å²) in [4.78, 5) is 24.9. The van der Waals surface area contributed by atoms with Gasteiger partial charge in [-0.15, -0.1) is 0 Å². The second-order valence-electron chi connectivity index (χ2n) is 5.15. The van der Waals surface area contributed by atoms with Crippen molar-refractivity contribution in [2.45, 2.75) is 6.92 Å². The minimum atomic E-state index is -0.282. The van der Waals surface area contributed by atoms with Gasteiger partial charge in [0.15, 0.2) is 0 Å². The Morgan fingerprint density at radius 2 is 1.71 bits per heavy atom. The van der Waals surface area contributed by atoms with Crippen molar-refractivity contribution in [3.63, 3.8) is 0 Å². The molecule has 1 heterocycles. The minimum absolute atomic E-state index is 0.267. The Labute approximate surface area is 122 Å². The molecule has 0 saturated heterocycles. The Hall–Kier alpha value is -2.82. The Morgan fingerprint density at radius 1 is 1.00 bits per heavy atom. The number of anilines is 3. The van der Waals surface area contributed by atoms with E-state index < -0.39 is 0 Å². The van der Waals surface area contributed by atoms with Crippen LogP contribution in [0, 0.1) is 6.92 Å². The van der Waals surface area contributed by atoms with Gasteiger partial charge in [-0.2, -0.15) is 0 Å². The summed E-state index contributed by atoms with van der Waals surface area (Å²) in [5.74, 6) is -0.549. The lowest BCUT2D eigenvalue weighted by Gasteiger charge is -2.10. The quantitative estimate of drug-likeness (QED) is 0.655. The van der Waals surface area contributed by atoms with Gasteiger partial charge in [-0.3, -0.25) is 14.5 Å². The number of carbonyl (C=O) groups is 2. The number of hydrogen-bond acceptors (Lipinski definition) is 4. The molecule has 2 aromatic rings. The SMILES string of the molecule is Cc1ccc(Nc2ccc3c(c2)C(=O)N(C)C3=O)c(N)c1. The lowest BCUT2D eigenvalue weighted by molar-refractivity contribution is 0.0693. The molecule has 0 radical (unpaired) electrons. The highest BCUT2D eigenvalue weighted by Crippen LogP contribution is 2.28. The summed E-state index contributed by atoms with van der Waals surface area (Å²) in [5, 5.41) is 3.17. The predicted octanol–water partition coefficient (Wildman–Crippen LogP) is 2.55. The molecule has 0 fully saturated rings. The van der Waals surface area contributed by atoms with E-state index in [2.05, 4.69) is 5.32 Å². The first-order valence-electron chi connectivity index (χ1n) is 6.57. The van der Waals surface area contributed by atoms with Crippen LogP contribution < -0.4 is 11.1 Å². The Balaban J connectivity index is 1.95. The van der Waals surface area contributed by atoms with Crippen LogP contribution in [0.15, 0.2) is 36.4 Å². The number of rotatable bonds is 2. The maximum atomic E-state index is 12.0. The number of nitrogens with one attached hydrogen (secondary N) is 1. The highest BCUT2D eigenvalue weighted by Gasteiger charge is 2.32. The number of carbonyl (C=O) groups excluding carboxylic acids is 2. The molecule has 1 aliphatic rings. The van der Waals surface area contributed by atoms with Crippen molar-refractivity contribution in [1.29, 1.82) is 0 Å². The van der Waals surface area contributed by atoms with Gasteiger partial charge in [0.05, 0.1) is 22.5 Å². The molecule has 2 amide bonds. The molecule has 5 heteroatoms. The van der Waals surface area contributed by atoms with Crippen molar-refractivity contribution in [3.05, 3.63) is 53.1 Å². The van der Waals surface area contributed by atoms with Crippen molar-refractivity contribution in [3.8, 4) is 0 Å². The second-order valence-corrected chi connectivity index (χ2v) is 5.15. The van der Waals surface area contributed by atoms with Gasteiger partial charge in [-0.25, -0.2) is 0 Å². The van der Waals surface area contributed by atoms with Crippen LogP contribution in [0.1, 0.15) is 26.3 Å². The fourth-order valence-corrected chi connectivity index (χ4v) is 2.39. The summed E-state index contributed by atoms with van der Waals surface area (Å²) < 4.78 is 0. The van der Waals surface area contributed by atoms with Crippen LogP contribution >= 0.6 is 0 Å². The number of hydrogen-bond donors (Lipinski definition) is 2. The fraction of sp³-hybridized carbons (Fsp3) is 0.125. The smallest absolute Gasteiger partial charge is 0.261 e. The van der Waals surface area contributed by atoms with Crippen LogP contribution in [-0.4, -0.2) is 23.8 Å². The monoisotopic (exact) mass is 281 g/mol. The van der Waals surface area contributed by atoms with E-state index in [4.69, 9.17) is 5.73 Å². The molecule has 0 spiro atoms. The molecule has 0 aliphatic carbocycles. The summed E-state index contributed by atoms with van der Waals surface area (Å²) in [6.45, 7) is 1.97. The number of nitrogens with two attached hydrogens (primary N) is 1. The Morgan fingerprint density at radius 3 is 2.43 bits per heavy atom. The molecule has 2 aromatic carbocycles. The zero-order valence-electron chi connectivity index (χ0n) is 11.8. The zero-order valence-corrected chi connectivity index (χ0v) is 11.8. The third-order valence-corrected chi connectivity index (χ3v) is 3.58. The lowest BCUT2D eigenvalue weighted by atomic mass is 10.1. The van der Waals surface area contributed by atoms with Crippen LogP contribution in [0.2, 0.25) is 0 Å². The molecular formula is C16H15N3O2. The summed E-state index contributed by atoms with van der Waals surface area (Å²) in [6.07, 6.45) is 0. The first-order chi connectivity index (χ1) is 9.97. The van der Waals surface area contributed by atoms with Gasteiger partial charge in [0.2, 0.25) is 0 Å². The van der Waals surface area contributed by atoms with E-state index in [0.29, 0.717) is 16.8 Å². The van der Waals surface area contributed by atoms with Crippen LogP contribution in [0.25, 0.3) is 0 Å². The molecule has 106 valence electrons. The first-order valence-corrected chi connectivity index (χ1v) is 6.57. The van der Waals surface area contributed by atoms with Gasteiger partial charge in [0.25, 0.3) is 11.8 Å². The van der Waals surface area contributed by atoms with Crippen molar-refractivity contribution in [2.75, 3.05) is 18.1 Å². The van der Waals surface area contributed by atoms with Crippen LogP contribution in [0.5, 0.6) is 0 Å². The number of benzene rings is 2. The van der Waals surface area contributed by atoms with Crippen molar-refractivity contribution in [2.24, 2.45) is 0 Å². The summed E-state index contributed by atoms with van der Waals surface area (Å²) in [6, 6.07) is 10.8. The third kappa shape index (κ3) is 2.12. The molecule has 5 nitrogen and oxygen atoms in total. The predicted molar refractivity (Wildman–Crippen MR) is 81.7 cm³/mol. The molecule has 1 aliphatic heterocycles. The number of nitrogens with zero attached hydrogens (tertiary/aromatic N) is 1. The number of nitrogen functional groups attached to an aromatic ring is 1. The minimum Gasteiger partial charge on any atom is -0.397 e. The van der Waals surface area contributed by atoms with Crippen LogP contribution in [-0.2, 0) is 0 Å². The first kappa shape index (κ1) is 13.2. The third-order valence-electron chi connectivity index (χ3n) is 3.58. The average Bonchev–Trinajstić information content (AvgIpc) is 2.67. The molecule has 3 rings (SSSR count). The van der Waals surface area contributed by atoms with E-state index in [0.717, 1.165) is 21.8 Å². The van der Waals surface area contributed by atoms with Gasteiger partial charge in [0, 0.05) is 12.7 Å². The van der Waals surface area contributed by atoms with E-state index in [1.54, 1.807) is 18.2 Å². The lowest BCUT2D eigenvalue weighted by Crippen LogP contribution is -2.24. The Kier molecular flexibility index (Phi) is 2.90. The fourth-order valence-electron chi connectivity index (χ4n) is 2.39. The largest absolute Gasteiger partial charge is 0.397 e. The number of imide groups is 1.